The Bertz CT molecular complexity index is 438. The predicted octanol–water partition coefficient (Wildman–Crippen LogP) is 2.42. The summed E-state index contributed by atoms with van der Waals surface area (Å²) in [6.07, 6.45) is 5.65. The molecule has 2 heterocycles. The number of nitrogens with zero attached hydrogens (tertiary/aromatic N) is 3. The first-order chi connectivity index (χ1) is 10.1. The van der Waals surface area contributed by atoms with Gasteiger partial charge in [0.15, 0.2) is 0 Å². The van der Waals surface area contributed by atoms with Crippen LogP contribution in [0.25, 0.3) is 0 Å². The molecule has 118 valence electrons. The Hall–Kier alpha value is -1.13. The van der Waals surface area contributed by atoms with Crippen molar-refractivity contribution in [2.45, 2.75) is 45.7 Å². The van der Waals surface area contributed by atoms with E-state index in [1.165, 1.54) is 43.5 Å². The van der Waals surface area contributed by atoms with E-state index in [0.717, 1.165) is 18.9 Å². The molecule has 1 aromatic rings. The van der Waals surface area contributed by atoms with Crippen molar-refractivity contribution in [3.63, 3.8) is 0 Å². The Morgan fingerprint density at radius 1 is 1.38 bits per heavy atom. The Morgan fingerprint density at radius 3 is 2.71 bits per heavy atom. The van der Waals surface area contributed by atoms with Crippen LogP contribution < -0.4 is 10.2 Å². The minimum Gasteiger partial charge on any atom is -0.356 e. The molecule has 1 aromatic heterocycles. The highest BCUT2D eigenvalue weighted by Gasteiger charge is 2.22. The van der Waals surface area contributed by atoms with Gasteiger partial charge in [-0.15, -0.1) is 0 Å². The summed E-state index contributed by atoms with van der Waals surface area (Å²) in [6, 6.07) is 2.90. The van der Waals surface area contributed by atoms with E-state index in [4.69, 9.17) is 4.98 Å². The summed E-state index contributed by atoms with van der Waals surface area (Å²) in [4.78, 5) is 9.51. The number of nitrogens with one attached hydrogen (secondary N) is 1. The lowest BCUT2D eigenvalue weighted by atomic mass is 10.0. The molecule has 0 saturated carbocycles. The molecule has 1 N–H and O–H groups in total. The molecular weight excluding hydrogens is 260 g/mol. The molecule has 1 fully saturated rings. The highest BCUT2D eigenvalue weighted by atomic mass is 15.2. The van der Waals surface area contributed by atoms with Crippen LogP contribution in [-0.4, -0.2) is 49.7 Å². The van der Waals surface area contributed by atoms with Crippen molar-refractivity contribution in [2.75, 3.05) is 38.6 Å². The van der Waals surface area contributed by atoms with E-state index >= 15 is 0 Å². The number of anilines is 1. The number of aryl methyl sites for hydroxylation is 1. The normalized spacial score (nSPS) is 17.1. The molecule has 1 saturated heterocycles. The average Bonchev–Trinajstić information content (AvgIpc) is 2.48. The molecule has 0 aromatic carbocycles. The summed E-state index contributed by atoms with van der Waals surface area (Å²) in [5, 5.41) is 3.44. The molecule has 0 unspecified atom stereocenters. The molecule has 0 amide bonds. The summed E-state index contributed by atoms with van der Waals surface area (Å²) in [5.41, 5.74) is 2.56. The SMILES string of the molecule is CCCNCc1cnc(N(C)C2CCN(C)CC2)c(C)c1. The highest BCUT2D eigenvalue weighted by molar-refractivity contribution is 5.47. The van der Waals surface area contributed by atoms with E-state index in [0.29, 0.717) is 6.04 Å². The summed E-state index contributed by atoms with van der Waals surface area (Å²) in [6.45, 7) is 8.73. The van der Waals surface area contributed by atoms with Crippen LogP contribution in [0.3, 0.4) is 0 Å². The Labute approximate surface area is 129 Å². The van der Waals surface area contributed by atoms with Crippen molar-refractivity contribution < 1.29 is 0 Å². The second-order valence-electron chi connectivity index (χ2n) is 6.31. The molecular formula is C17H30N4. The van der Waals surface area contributed by atoms with Gasteiger partial charge in [0.25, 0.3) is 0 Å². The zero-order valence-corrected chi connectivity index (χ0v) is 14.0. The molecule has 4 nitrogen and oxygen atoms in total. The van der Waals surface area contributed by atoms with E-state index in [9.17, 15) is 0 Å². The molecule has 0 spiro atoms. The van der Waals surface area contributed by atoms with Gasteiger partial charge >= 0.3 is 0 Å². The smallest absolute Gasteiger partial charge is 0.131 e. The van der Waals surface area contributed by atoms with Crippen LogP contribution >= 0.6 is 0 Å². The monoisotopic (exact) mass is 290 g/mol. The van der Waals surface area contributed by atoms with Crippen molar-refractivity contribution in [3.8, 4) is 0 Å². The number of aromatic nitrogens is 1. The minimum absolute atomic E-state index is 0.622. The predicted molar refractivity (Wildman–Crippen MR) is 89.9 cm³/mol. The van der Waals surface area contributed by atoms with Gasteiger partial charge in [0.1, 0.15) is 5.82 Å². The Morgan fingerprint density at radius 2 is 2.10 bits per heavy atom. The minimum atomic E-state index is 0.622. The largest absolute Gasteiger partial charge is 0.356 e. The fourth-order valence-electron chi connectivity index (χ4n) is 3.06. The number of rotatable bonds is 6. The van der Waals surface area contributed by atoms with E-state index < -0.39 is 0 Å². The standard InChI is InChI=1S/C17H30N4/c1-5-8-18-12-15-11-14(2)17(19-13-15)21(4)16-6-9-20(3)10-7-16/h11,13,16,18H,5-10,12H2,1-4H3. The first kappa shape index (κ1) is 16.2. The first-order valence-corrected chi connectivity index (χ1v) is 8.19. The van der Waals surface area contributed by atoms with Gasteiger partial charge in [-0.05, 0) is 70.1 Å². The maximum atomic E-state index is 4.72. The van der Waals surface area contributed by atoms with Gasteiger partial charge in [-0.25, -0.2) is 4.98 Å². The van der Waals surface area contributed by atoms with E-state index in [2.05, 4.69) is 49.1 Å². The molecule has 21 heavy (non-hydrogen) atoms. The lowest BCUT2D eigenvalue weighted by Crippen LogP contribution is -2.42. The van der Waals surface area contributed by atoms with E-state index in [1.54, 1.807) is 0 Å². The second kappa shape index (κ2) is 7.76. The molecule has 1 aliphatic rings. The number of pyridine rings is 1. The van der Waals surface area contributed by atoms with Gasteiger partial charge in [-0.3, -0.25) is 0 Å². The van der Waals surface area contributed by atoms with E-state index in [-0.39, 0.29) is 0 Å². The van der Waals surface area contributed by atoms with Crippen LogP contribution in [0.1, 0.15) is 37.3 Å². The lowest BCUT2D eigenvalue weighted by molar-refractivity contribution is 0.252. The zero-order chi connectivity index (χ0) is 15.2. The molecule has 2 rings (SSSR count). The first-order valence-electron chi connectivity index (χ1n) is 8.19. The average molecular weight is 290 g/mol. The van der Waals surface area contributed by atoms with E-state index in [1.807, 2.05) is 6.20 Å². The summed E-state index contributed by atoms with van der Waals surface area (Å²) in [5.74, 6) is 1.14. The third kappa shape index (κ3) is 4.42. The third-order valence-corrected chi connectivity index (χ3v) is 4.43. The van der Waals surface area contributed by atoms with Crippen LogP contribution in [0, 0.1) is 6.92 Å². The van der Waals surface area contributed by atoms with Gasteiger partial charge in [0.2, 0.25) is 0 Å². The molecule has 1 aliphatic heterocycles. The quantitative estimate of drug-likeness (QED) is 0.815. The van der Waals surface area contributed by atoms with Crippen molar-refractivity contribution in [1.82, 2.24) is 15.2 Å². The Balaban J connectivity index is 1.99. The molecule has 0 atom stereocenters. The molecule has 0 radical (unpaired) electrons. The van der Waals surface area contributed by atoms with Gasteiger partial charge in [-0.1, -0.05) is 6.92 Å². The summed E-state index contributed by atoms with van der Waals surface area (Å²) < 4.78 is 0. The van der Waals surface area contributed by atoms with Crippen molar-refractivity contribution in [1.29, 1.82) is 0 Å². The van der Waals surface area contributed by atoms with Gasteiger partial charge in [0, 0.05) is 25.8 Å². The molecule has 0 aliphatic carbocycles. The van der Waals surface area contributed by atoms with Crippen LogP contribution in [0.2, 0.25) is 0 Å². The van der Waals surface area contributed by atoms with Crippen LogP contribution in [0.5, 0.6) is 0 Å². The molecule has 4 heteroatoms. The van der Waals surface area contributed by atoms with Crippen LogP contribution in [0.4, 0.5) is 5.82 Å². The van der Waals surface area contributed by atoms with Gasteiger partial charge in [0.05, 0.1) is 0 Å². The van der Waals surface area contributed by atoms with Gasteiger partial charge < -0.3 is 15.1 Å². The third-order valence-electron chi connectivity index (χ3n) is 4.43. The number of likely N-dealkylation sites (tertiary alicyclic amines) is 1. The number of piperidine rings is 1. The second-order valence-corrected chi connectivity index (χ2v) is 6.31. The maximum Gasteiger partial charge on any atom is 0.131 e. The fraction of sp³-hybridized carbons (Fsp3) is 0.706. The number of hydrogen-bond acceptors (Lipinski definition) is 4. The van der Waals surface area contributed by atoms with Crippen molar-refractivity contribution in [3.05, 3.63) is 23.4 Å². The topological polar surface area (TPSA) is 31.4 Å². The summed E-state index contributed by atoms with van der Waals surface area (Å²) >= 11 is 0. The van der Waals surface area contributed by atoms with Gasteiger partial charge in [-0.2, -0.15) is 0 Å². The summed E-state index contributed by atoms with van der Waals surface area (Å²) in [7, 11) is 4.40. The maximum absolute atomic E-state index is 4.72. The molecule has 0 bridgehead atoms. The van der Waals surface area contributed by atoms with Crippen molar-refractivity contribution in [2.24, 2.45) is 0 Å². The highest BCUT2D eigenvalue weighted by Crippen LogP contribution is 2.23. The number of hydrogen-bond donors (Lipinski definition) is 1. The lowest BCUT2D eigenvalue weighted by Gasteiger charge is -2.36. The Kier molecular flexibility index (Phi) is 6.00. The van der Waals surface area contributed by atoms with Crippen LogP contribution in [-0.2, 0) is 6.54 Å². The van der Waals surface area contributed by atoms with Crippen LogP contribution in [0.15, 0.2) is 12.3 Å². The fourth-order valence-corrected chi connectivity index (χ4v) is 3.06. The zero-order valence-electron chi connectivity index (χ0n) is 14.0. The van der Waals surface area contributed by atoms with Crippen molar-refractivity contribution >= 4 is 5.82 Å².